The van der Waals surface area contributed by atoms with Crippen LogP contribution in [-0.4, -0.2) is 55.2 Å². The van der Waals surface area contributed by atoms with Crippen LogP contribution in [0, 0.1) is 0 Å². The Morgan fingerprint density at radius 3 is 2.82 bits per heavy atom. The summed E-state index contributed by atoms with van der Waals surface area (Å²) >= 11 is 0. The van der Waals surface area contributed by atoms with Gasteiger partial charge in [0.1, 0.15) is 5.60 Å². The molecule has 1 heterocycles. The van der Waals surface area contributed by atoms with Gasteiger partial charge in [-0.2, -0.15) is 0 Å². The summed E-state index contributed by atoms with van der Waals surface area (Å²) in [4.78, 5) is 24.5. The number of carbonyl (C=O) groups is 2. The predicted molar refractivity (Wildman–Crippen MR) is 63.7 cm³/mol. The molecule has 98 valence electrons. The van der Waals surface area contributed by atoms with Gasteiger partial charge in [0.2, 0.25) is 5.91 Å². The van der Waals surface area contributed by atoms with Crippen molar-refractivity contribution in [2.75, 3.05) is 32.7 Å². The largest absolute Gasteiger partial charge is 0.444 e. The molecular weight excluding hydrogens is 222 g/mol. The van der Waals surface area contributed by atoms with Crippen LogP contribution >= 0.6 is 0 Å². The van der Waals surface area contributed by atoms with E-state index < -0.39 is 11.7 Å². The first-order valence-corrected chi connectivity index (χ1v) is 5.84. The average molecular weight is 243 g/mol. The van der Waals surface area contributed by atoms with Crippen LogP contribution in [0.4, 0.5) is 4.79 Å². The summed E-state index contributed by atoms with van der Waals surface area (Å²) in [6.45, 7) is 8.26. The first-order valence-electron chi connectivity index (χ1n) is 5.84. The summed E-state index contributed by atoms with van der Waals surface area (Å²) in [5.74, 6) is 0.0715. The van der Waals surface area contributed by atoms with E-state index >= 15 is 0 Å². The number of rotatable bonds is 3. The van der Waals surface area contributed by atoms with Crippen molar-refractivity contribution in [2.24, 2.45) is 0 Å². The number of carbonyl (C=O) groups excluding carboxylic acids is 2. The molecule has 0 unspecified atom stereocenters. The minimum atomic E-state index is -0.491. The molecule has 6 nitrogen and oxygen atoms in total. The van der Waals surface area contributed by atoms with Gasteiger partial charge in [-0.1, -0.05) is 0 Å². The Morgan fingerprint density at radius 1 is 1.53 bits per heavy atom. The molecule has 1 saturated heterocycles. The zero-order valence-electron chi connectivity index (χ0n) is 10.7. The van der Waals surface area contributed by atoms with Gasteiger partial charge in [-0.3, -0.25) is 4.79 Å². The number of hydrogen-bond donors (Lipinski definition) is 2. The van der Waals surface area contributed by atoms with E-state index in [1.165, 1.54) is 0 Å². The third-order valence-electron chi connectivity index (χ3n) is 2.24. The number of hydrogen-bond acceptors (Lipinski definition) is 4. The molecule has 1 aliphatic rings. The summed E-state index contributed by atoms with van der Waals surface area (Å²) < 4.78 is 5.09. The molecule has 0 aromatic carbocycles. The fraction of sp³-hybridized carbons (Fsp3) is 0.818. The van der Waals surface area contributed by atoms with Crippen molar-refractivity contribution in [2.45, 2.75) is 26.4 Å². The van der Waals surface area contributed by atoms with E-state index in [0.717, 1.165) is 6.54 Å². The Hall–Kier alpha value is -1.30. The van der Waals surface area contributed by atoms with Crippen LogP contribution in [0.5, 0.6) is 0 Å². The van der Waals surface area contributed by atoms with Gasteiger partial charge in [-0.25, -0.2) is 4.79 Å². The van der Waals surface area contributed by atoms with Gasteiger partial charge in [0.15, 0.2) is 0 Å². The lowest BCUT2D eigenvalue weighted by molar-refractivity contribution is -0.131. The zero-order chi connectivity index (χ0) is 12.9. The van der Waals surface area contributed by atoms with E-state index in [9.17, 15) is 9.59 Å². The number of piperazine rings is 1. The molecular formula is C11H21N3O3. The SMILES string of the molecule is CC(C)(C)OC(=O)NCCN1CCNCC1=O. The Labute approximate surface area is 102 Å². The number of nitrogens with one attached hydrogen (secondary N) is 2. The lowest BCUT2D eigenvalue weighted by Gasteiger charge is -2.27. The molecule has 6 heteroatoms. The molecule has 1 rings (SSSR count). The molecule has 1 fully saturated rings. The smallest absolute Gasteiger partial charge is 0.407 e. The summed E-state index contributed by atoms with van der Waals surface area (Å²) in [6, 6.07) is 0. The number of nitrogens with zero attached hydrogens (tertiary/aromatic N) is 1. The van der Waals surface area contributed by atoms with Gasteiger partial charge in [-0.05, 0) is 20.8 Å². The molecule has 0 aromatic rings. The first kappa shape index (κ1) is 13.8. The van der Waals surface area contributed by atoms with Gasteiger partial charge < -0.3 is 20.3 Å². The summed E-state index contributed by atoms with van der Waals surface area (Å²) in [6.07, 6.45) is -0.444. The third-order valence-corrected chi connectivity index (χ3v) is 2.24. The molecule has 0 saturated carbocycles. The fourth-order valence-electron chi connectivity index (χ4n) is 1.49. The standard InChI is InChI=1S/C11H21N3O3/c1-11(2,3)17-10(16)13-5-7-14-6-4-12-8-9(14)15/h12H,4-8H2,1-3H3,(H,13,16). The second-order valence-electron chi connectivity index (χ2n) is 4.99. The molecule has 0 aliphatic carbocycles. The number of ether oxygens (including phenoxy) is 1. The predicted octanol–water partition coefficient (Wildman–Crippen LogP) is -0.0571. The van der Waals surface area contributed by atoms with Gasteiger partial charge in [0.05, 0.1) is 6.54 Å². The monoisotopic (exact) mass is 243 g/mol. The minimum Gasteiger partial charge on any atom is -0.444 e. The Kier molecular flexibility index (Phi) is 4.74. The fourth-order valence-corrected chi connectivity index (χ4v) is 1.49. The highest BCUT2D eigenvalue weighted by Crippen LogP contribution is 2.06. The minimum absolute atomic E-state index is 0.0715. The van der Waals surface area contributed by atoms with Crippen molar-refractivity contribution in [3.8, 4) is 0 Å². The maximum atomic E-state index is 11.4. The van der Waals surface area contributed by atoms with Crippen molar-refractivity contribution in [3.05, 3.63) is 0 Å². The molecule has 0 aromatic heterocycles. The van der Waals surface area contributed by atoms with E-state index in [4.69, 9.17) is 4.74 Å². The Morgan fingerprint density at radius 2 is 2.24 bits per heavy atom. The van der Waals surface area contributed by atoms with Crippen molar-refractivity contribution in [1.29, 1.82) is 0 Å². The van der Waals surface area contributed by atoms with Gasteiger partial charge in [0, 0.05) is 26.2 Å². The highest BCUT2D eigenvalue weighted by Gasteiger charge is 2.18. The van der Waals surface area contributed by atoms with E-state index in [1.807, 2.05) is 20.8 Å². The maximum absolute atomic E-state index is 11.4. The van der Waals surface area contributed by atoms with Gasteiger partial charge >= 0.3 is 6.09 Å². The Balaban J connectivity index is 2.19. The quantitative estimate of drug-likeness (QED) is 0.728. The van der Waals surface area contributed by atoms with Crippen molar-refractivity contribution in [1.82, 2.24) is 15.5 Å². The van der Waals surface area contributed by atoms with Crippen LogP contribution in [0.25, 0.3) is 0 Å². The third kappa shape index (κ3) is 5.53. The highest BCUT2D eigenvalue weighted by molar-refractivity contribution is 5.79. The summed E-state index contributed by atoms with van der Waals surface area (Å²) in [5, 5.41) is 5.62. The second kappa shape index (κ2) is 5.86. The van der Waals surface area contributed by atoms with E-state index in [0.29, 0.717) is 26.2 Å². The second-order valence-corrected chi connectivity index (χ2v) is 4.99. The maximum Gasteiger partial charge on any atom is 0.407 e. The number of alkyl carbamates (subject to hydrolysis) is 1. The molecule has 0 atom stereocenters. The molecule has 0 spiro atoms. The van der Waals surface area contributed by atoms with Crippen LogP contribution in [-0.2, 0) is 9.53 Å². The van der Waals surface area contributed by atoms with Crippen LogP contribution < -0.4 is 10.6 Å². The van der Waals surface area contributed by atoms with Crippen molar-refractivity contribution < 1.29 is 14.3 Å². The Bertz CT molecular complexity index is 286. The molecule has 17 heavy (non-hydrogen) atoms. The highest BCUT2D eigenvalue weighted by atomic mass is 16.6. The average Bonchev–Trinajstić information content (AvgIpc) is 2.18. The lowest BCUT2D eigenvalue weighted by Crippen LogP contribution is -2.50. The van der Waals surface area contributed by atoms with E-state index in [-0.39, 0.29) is 5.91 Å². The molecule has 2 N–H and O–H groups in total. The number of amides is 2. The van der Waals surface area contributed by atoms with Gasteiger partial charge in [0.25, 0.3) is 0 Å². The normalized spacial score (nSPS) is 16.9. The molecule has 0 bridgehead atoms. The van der Waals surface area contributed by atoms with Crippen molar-refractivity contribution in [3.63, 3.8) is 0 Å². The van der Waals surface area contributed by atoms with Crippen LogP contribution in [0.15, 0.2) is 0 Å². The summed E-state index contributed by atoms with van der Waals surface area (Å²) in [7, 11) is 0. The van der Waals surface area contributed by atoms with Crippen LogP contribution in [0.3, 0.4) is 0 Å². The first-order chi connectivity index (χ1) is 7.88. The molecule has 1 aliphatic heterocycles. The zero-order valence-corrected chi connectivity index (χ0v) is 10.7. The summed E-state index contributed by atoms with van der Waals surface area (Å²) in [5.41, 5.74) is -0.491. The molecule has 2 amide bonds. The topological polar surface area (TPSA) is 70.7 Å². The lowest BCUT2D eigenvalue weighted by atomic mass is 10.2. The van der Waals surface area contributed by atoms with Crippen LogP contribution in [0.2, 0.25) is 0 Å². The molecule has 0 radical (unpaired) electrons. The van der Waals surface area contributed by atoms with Crippen LogP contribution in [0.1, 0.15) is 20.8 Å². The van der Waals surface area contributed by atoms with Gasteiger partial charge in [-0.15, -0.1) is 0 Å². The van der Waals surface area contributed by atoms with E-state index in [2.05, 4.69) is 10.6 Å². The van der Waals surface area contributed by atoms with E-state index in [1.54, 1.807) is 4.90 Å². The van der Waals surface area contributed by atoms with Crippen molar-refractivity contribution >= 4 is 12.0 Å².